The fourth-order valence-electron chi connectivity index (χ4n) is 1.37. The minimum atomic E-state index is -0.606. The van der Waals surface area contributed by atoms with E-state index in [9.17, 15) is 10.0 Å². The minimum Gasteiger partial charge on any atom is -0.757 e. The zero-order chi connectivity index (χ0) is 9.42. The van der Waals surface area contributed by atoms with Crippen molar-refractivity contribution in [1.29, 1.82) is 0 Å². The monoisotopic (exact) mass is 178 g/mol. The second kappa shape index (κ2) is 2.63. The van der Waals surface area contributed by atoms with E-state index in [1.807, 2.05) is 0 Å². The van der Waals surface area contributed by atoms with E-state index in [4.69, 9.17) is 5.73 Å². The van der Waals surface area contributed by atoms with Crippen molar-refractivity contribution in [2.24, 2.45) is 5.73 Å². The molecule has 1 heterocycles. The maximum Gasteiger partial charge on any atom is 0.320 e. The number of nitrogens with zero attached hydrogens (tertiary/aromatic N) is 2. The summed E-state index contributed by atoms with van der Waals surface area (Å²) in [5.74, 6) is 0. The highest BCUT2D eigenvalue weighted by atomic mass is 16.5. The van der Waals surface area contributed by atoms with E-state index in [0.29, 0.717) is 11.4 Å². The molecule has 0 fully saturated rings. The molecule has 0 saturated heterocycles. The number of urea groups is 1. The number of para-hydroxylation sites is 2. The van der Waals surface area contributed by atoms with Gasteiger partial charge in [0, 0.05) is 0 Å². The van der Waals surface area contributed by atoms with Gasteiger partial charge < -0.3 is 16.0 Å². The molecule has 5 nitrogen and oxygen atoms in total. The molecule has 2 N–H and O–H groups in total. The number of amides is 2. The number of fused-ring (bicyclic) bond motifs is 1. The van der Waals surface area contributed by atoms with Gasteiger partial charge >= 0.3 is 6.03 Å². The van der Waals surface area contributed by atoms with Crippen LogP contribution in [-0.2, 0) is 0 Å². The Hall–Kier alpha value is -1.75. The van der Waals surface area contributed by atoms with Gasteiger partial charge in [0.1, 0.15) is 0 Å². The van der Waals surface area contributed by atoms with Gasteiger partial charge in [-0.05, 0) is 12.1 Å². The molecule has 1 aromatic rings. The SMILES string of the molecule is NC(=O)N1CN([O-])c2ccccc21. The zero-order valence-electron chi connectivity index (χ0n) is 6.80. The van der Waals surface area contributed by atoms with Gasteiger partial charge in [-0.3, -0.25) is 4.90 Å². The molecule has 0 radical (unpaired) electrons. The van der Waals surface area contributed by atoms with Crippen LogP contribution in [0.4, 0.5) is 16.2 Å². The molecule has 0 aliphatic carbocycles. The van der Waals surface area contributed by atoms with Crippen LogP contribution in [0.1, 0.15) is 0 Å². The smallest absolute Gasteiger partial charge is 0.320 e. The normalized spacial score (nSPS) is 14.5. The van der Waals surface area contributed by atoms with Crippen molar-refractivity contribution < 1.29 is 4.79 Å². The Kier molecular flexibility index (Phi) is 1.60. The van der Waals surface area contributed by atoms with Crippen LogP contribution in [-0.4, -0.2) is 12.7 Å². The Labute approximate surface area is 74.9 Å². The number of hydrogen-bond acceptors (Lipinski definition) is 3. The quantitative estimate of drug-likeness (QED) is 0.640. The van der Waals surface area contributed by atoms with Crippen LogP contribution in [0.15, 0.2) is 24.3 Å². The summed E-state index contributed by atoms with van der Waals surface area (Å²) in [6.07, 6.45) is 0. The highest BCUT2D eigenvalue weighted by Gasteiger charge is 2.23. The third-order valence-corrected chi connectivity index (χ3v) is 1.98. The lowest BCUT2D eigenvalue weighted by atomic mass is 10.3. The molecule has 0 aromatic heterocycles. The largest absolute Gasteiger partial charge is 0.757 e. The average Bonchev–Trinajstić information content (AvgIpc) is 2.45. The minimum absolute atomic E-state index is 0.0192. The number of primary amides is 1. The van der Waals surface area contributed by atoms with Gasteiger partial charge in [0.2, 0.25) is 0 Å². The fourth-order valence-corrected chi connectivity index (χ4v) is 1.37. The van der Waals surface area contributed by atoms with Gasteiger partial charge in [-0.1, -0.05) is 12.1 Å². The summed E-state index contributed by atoms with van der Waals surface area (Å²) in [4.78, 5) is 12.1. The van der Waals surface area contributed by atoms with Crippen LogP contribution in [0.3, 0.4) is 0 Å². The first-order chi connectivity index (χ1) is 6.20. The molecule has 2 amide bonds. The van der Waals surface area contributed by atoms with Gasteiger partial charge in [0.25, 0.3) is 0 Å². The maximum absolute atomic E-state index is 11.2. The van der Waals surface area contributed by atoms with E-state index in [1.165, 1.54) is 4.90 Å². The van der Waals surface area contributed by atoms with E-state index < -0.39 is 6.03 Å². The van der Waals surface area contributed by atoms with E-state index in [-0.39, 0.29) is 6.67 Å². The number of carbonyl (C=O) groups excluding carboxylic acids is 1. The van der Waals surface area contributed by atoms with Crippen molar-refractivity contribution in [1.82, 2.24) is 0 Å². The molecule has 68 valence electrons. The lowest BCUT2D eigenvalue weighted by Gasteiger charge is -2.24. The molecule has 1 aromatic carbocycles. The summed E-state index contributed by atoms with van der Waals surface area (Å²) < 4.78 is 0. The maximum atomic E-state index is 11.2. The van der Waals surface area contributed by atoms with Crippen molar-refractivity contribution in [3.8, 4) is 0 Å². The number of hydroxylamine groups is 1. The van der Waals surface area contributed by atoms with Gasteiger partial charge in [0.15, 0.2) is 0 Å². The van der Waals surface area contributed by atoms with Crippen molar-refractivity contribution in [2.45, 2.75) is 0 Å². The highest BCUT2D eigenvalue weighted by Crippen LogP contribution is 2.34. The third-order valence-electron chi connectivity index (χ3n) is 1.98. The number of hydrogen-bond donors (Lipinski definition) is 1. The molecule has 2 rings (SSSR count). The van der Waals surface area contributed by atoms with Crippen molar-refractivity contribution in [3.05, 3.63) is 29.5 Å². The standard InChI is InChI=1S/C8H8N3O2/c9-8(12)10-5-11(13)7-4-2-1-3-6(7)10/h1-4H,5H2,(H2,9,12)/q-1. The van der Waals surface area contributed by atoms with Crippen LogP contribution in [0.5, 0.6) is 0 Å². The van der Waals surface area contributed by atoms with Crippen LogP contribution < -0.4 is 15.7 Å². The van der Waals surface area contributed by atoms with Crippen LogP contribution in [0.25, 0.3) is 0 Å². The molecular formula is C8H8N3O2-. The summed E-state index contributed by atoms with van der Waals surface area (Å²) in [7, 11) is 0. The van der Waals surface area contributed by atoms with E-state index in [2.05, 4.69) is 0 Å². The number of anilines is 2. The first-order valence-corrected chi connectivity index (χ1v) is 3.81. The second-order valence-electron chi connectivity index (χ2n) is 2.77. The van der Waals surface area contributed by atoms with Gasteiger partial charge in [-0.25, -0.2) is 4.79 Å². The van der Waals surface area contributed by atoms with Crippen molar-refractivity contribution in [3.63, 3.8) is 0 Å². The van der Waals surface area contributed by atoms with Crippen molar-refractivity contribution in [2.75, 3.05) is 16.6 Å². The summed E-state index contributed by atoms with van der Waals surface area (Å²) in [6, 6.07) is 6.25. The summed E-state index contributed by atoms with van der Waals surface area (Å²) in [5.41, 5.74) is 6.16. The number of benzene rings is 1. The first kappa shape index (κ1) is 7.88. The molecule has 0 atom stereocenters. The molecule has 0 unspecified atom stereocenters. The molecular weight excluding hydrogens is 170 g/mol. The zero-order valence-corrected chi connectivity index (χ0v) is 6.80. The molecule has 0 saturated carbocycles. The van der Waals surface area contributed by atoms with E-state index in [0.717, 1.165) is 5.06 Å². The molecule has 1 aliphatic rings. The fraction of sp³-hybridized carbons (Fsp3) is 0.125. The van der Waals surface area contributed by atoms with Crippen LogP contribution in [0, 0.1) is 5.21 Å². The molecule has 0 spiro atoms. The van der Waals surface area contributed by atoms with Gasteiger partial charge in [-0.2, -0.15) is 0 Å². The number of rotatable bonds is 0. The highest BCUT2D eigenvalue weighted by molar-refractivity contribution is 5.97. The second-order valence-corrected chi connectivity index (χ2v) is 2.77. The third kappa shape index (κ3) is 1.09. The Balaban J connectivity index is 2.47. The summed E-state index contributed by atoms with van der Waals surface area (Å²) in [6.45, 7) is -0.0192. The summed E-state index contributed by atoms with van der Waals surface area (Å²) in [5, 5.41) is 12.0. The molecule has 13 heavy (non-hydrogen) atoms. The molecule has 5 heteroatoms. The average molecular weight is 178 g/mol. The van der Waals surface area contributed by atoms with Gasteiger partial charge in [-0.15, -0.1) is 0 Å². The van der Waals surface area contributed by atoms with E-state index in [1.54, 1.807) is 24.3 Å². The number of nitrogens with two attached hydrogens (primary N) is 1. The Morgan fingerprint density at radius 3 is 2.62 bits per heavy atom. The van der Waals surface area contributed by atoms with Gasteiger partial charge in [0.05, 0.1) is 18.0 Å². The summed E-state index contributed by atoms with van der Waals surface area (Å²) >= 11 is 0. The Morgan fingerprint density at radius 2 is 2.00 bits per heavy atom. The molecule has 0 bridgehead atoms. The lowest BCUT2D eigenvalue weighted by molar-refractivity contribution is 0.254. The Bertz CT molecular complexity index is 353. The predicted molar refractivity (Wildman–Crippen MR) is 49.2 cm³/mol. The van der Waals surface area contributed by atoms with Crippen LogP contribution in [0.2, 0.25) is 0 Å². The number of carbonyl (C=O) groups is 1. The van der Waals surface area contributed by atoms with Crippen molar-refractivity contribution >= 4 is 17.4 Å². The van der Waals surface area contributed by atoms with Crippen LogP contribution >= 0.6 is 0 Å². The topological polar surface area (TPSA) is 72.6 Å². The molecule has 1 aliphatic heterocycles. The predicted octanol–water partition coefficient (Wildman–Crippen LogP) is 0.847. The first-order valence-electron chi connectivity index (χ1n) is 3.81. The Morgan fingerprint density at radius 1 is 1.38 bits per heavy atom. The lowest BCUT2D eigenvalue weighted by Crippen LogP contribution is -2.37. The van der Waals surface area contributed by atoms with E-state index >= 15 is 0 Å².